The number of aromatic amines is 1. The van der Waals surface area contributed by atoms with E-state index in [0.29, 0.717) is 4.77 Å². The molecule has 0 radical (unpaired) electrons. The van der Waals surface area contributed by atoms with Gasteiger partial charge in [-0.25, -0.2) is 4.68 Å². The Kier molecular flexibility index (Phi) is 6.08. The normalized spacial score (nSPS) is 15.5. The van der Waals surface area contributed by atoms with E-state index in [1.54, 1.807) is 7.11 Å². The van der Waals surface area contributed by atoms with Crippen molar-refractivity contribution in [3.05, 3.63) is 64.4 Å². The van der Waals surface area contributed by atoms with Crippen LogP contribution in [0.2, 0.25) is 0 Å². The van der Waals surface area contributed by atoms with Crippen LogP contribution >= 0.6 is 12.2 Å². The van der Waals surface area contributed by atoms with Crippen molar-refractivity contribution in [2.75, 3.05) is 33.3 Å². The standard InChI is InChI=1S/C22H27N5OS/c1-17-8-9-20(28-2)19(14-17)15-25-10-12-26(13-11-25)16-27-22(29)23-21(24-27)18-6-4-3-5-7-18/h3-9,14H,10-13,15-16H2,1-2H3,(H,23,24,29). The van der Waals surface area contributed by atoms with Crippen LogP contribution in [0.5, 0.6) is 5.75 Å². The summed E-state index contributed by atoms with van der Waals surface area (Å²) in [5.74, 6) is 1.79. The van der Waals surface area contributed by atoms with E-state index < -0.39 is 0 Å². The summed E-state index contributed by atoms with van der Waals surface area (Å²) in [5, 5.41) is 3.35. The molecule has 1 aliphatic heterocycles. The Labute approximate surface area is 176 Å². The van der Waals surface area contributed by atoms with Gasteiger partial charge in [-0.05, 0) is 25.2 Å². The number of ether oxygens (including phenoxy) is 1. The Morgan fingerprint density at radius 2 is 1.76 bits per heavy atom. The van der Waals surface area contributed by atoms with E-state index in [2.05, 4.69) is 45.0 Å². The largest absolute Gasteiger partial charge is 0.496 e. The predicted octanol–water partition coefficient (Wildman–Crippen LogP) is 3.70. The number of nitrogens with one attached hydrogen (secondary N) is 1. The van der Waals surface area contributed by atoms with Crippen molar-refractivity contribution in [3.63, 3.8) is 0 Å². The zero-order valence-electron chi connectivity index (χ0n) is 17.0. The summed E-state index contributed by atoms with van der Waals surface area (Å²) in [6.07, 6.45) is 0. The van der Waals surface area contributed by atoms with Gasteiger partial charge in [0.1, 0.15) is 5.75 Å². The minimum atomic E-state index is 0.593. The molecule has 0 spiro atoms. The van der Waals surface area contributed by atoms with Gasteiger partial charge >= 0.3 is 0 Å². The highest BCUT2D eigenvalue weighted by molar-refractivity contribution is 7.71. The van der Waals surface area contributed by atoms with Gasteiger partial charge in [0.05, 0.1) is 13.8 Å². The van der Waals surface area contributed by atoms with Crippen LogP contribution < -0.4 is 4.74 Å². The lowest BCUT2D eigenvalue weighted by Crippen LogP contribution is -2.46. The average Bonchev–Trinajstić information content (AvgIpc) is 3.11. The third-order valence-corrected chi connectivity index (χ3v) is 5.67. The number of H-pyrrole nitrogens is 1. The second-order valence-electron chi connectivity index (χ2n) is 7.50. The van der Waals surface area contributed by atoms with Crippen LogP contribution in [0.25, 0.3) is 11.4 Å². The molecule has 0 atom stereocenters. The van der Waals surface area contributed by atoms with Crippen molar-refractivity contribution < 1.29 is 4.74 Å². The van der Waals surface area contributed by atoms with Crippen LogP contribution in [0.4, 0.5) is 0 Å². The zero-order valence-corrected chi connectivity index (χ0v) is 17.8. The van der Waals surface area contributed by atoms with Crippen molar-refractivity contribution in [2.24, 2.45) is 0 Å². The Morgan fingerprint density at radius 1 is 1.03 bits per heavy atom. The zero-order chi connectivity index (χ0) is 20.2. The molecule has 0 unspecified atom stereocenters. The molecule has 2 heterocycles. The van der Waals surface area contributed by atoms with Gasteiger partial charge in [0.2, 0.25) is 4.77 Å². The number of piperazine rings is 1. The van der Waals surface area contributed by atoms with E-state index >= 15 is 0 Å². The number of aromatic nitrogens is 3. The van der Waals surface area contributed by atoms with E-state index in [1.807, 2.05) is 35.0 Å². The van der Waals surface area contributed by atoms with Crippen molar-refractivity contribution in [1.82, 2.24) is 24.6 Å². The third-order valence-electron chi connectivity index (χ3n) is 5.36. The van der Waals surface area contributed by atoms with Gasteiger partial charge < -0.3 is 4.74 Å². The van der Waals surface area contributed by atoms with Crippen LogP contribution in [0, 0.1) is 11.7 Å². The minimum absolute atomic E-state index is 0.593. The van der Waals surface area contributed by atoms with Gasteiger partial charge in [0.15, 0.2) is 5.82 Å². The fourth-order valence-corrected chi connectivity index (χ4v) is 3.93. The molecule has 1 saturated heterocycles. The first-order chi connectivity index (χ1) is 14.1. The molecule has 3 aromatic rings. The molecule has 1 aliphatic rings. The Hall–Kier alpha value is -2.48. The summed E-state index contributed by atoms with van der Waals surface area (Å²) in [7, 11) is 1.74. The first kappa shape index (κ1) is 19.8. The van der Waals surface area contributed by atoms with Gasteiger partial charge in [0, 0.05) is 43.9 Å². The van der Waals surface area contributed by atoms with Gasteiger partial charge in [-0.3, -0.25) is 14.9 Å². The molecule has 4 rings (SSSR count). The Bertz CT molecular complexity index is 1010. The minimum Gasteiger partial charge on any atom is -0.496 e. The van der Waals surface area contributed by atoms with Crippen molar-refractivity contribution in [2.45, 2.75) is 20.1 Å². The number of hydrogen-bond donors (Lipinski definition) is 1. The van der Waals surface area contributed by atoms with Gasteiger partial charge in [-0.15, -0.1) is 0 Å². The van der Waals surface area contributed by atoms with Gasteiger partial charge in [0.25, 0.3) is 0 Å². The van der Waals surface area contributed by atoms with Gasteiger partial charge in [-0.1, -0.05) is 48.0 Å². The van der Waals surface area contributed by atoms with E-state index in [0.717, 1.165) is 56.5 Å². The summed E-state index contributed by atoms with van der Waals surface area (Å²) < 4.78 is 8.08. The lowest BCUT2D eigenvalue weighted by atomic mass is 10.1. The topological polar surface area (TPSA) is 49.3 Å². The summed E-state index contributed by atoms with van der Waals surface area (Å²) in [6, 6.07) is 16.5. The van der Waals surface area contributed by atoms with Crippen LogP contribution in [0.15, 0.2) is 48.5 Å². The van der Waals surface area contributed by atoms with Crippen LogP contribution in [0.3, 0.4) is 0 Å². The molecule has 1 aromatic heterocycles. The maximum atomic E-state index is 5.53. The molecule has 1 fully saturated rings. The van der Waals surface area contributed by atoms with Crippen LogP contribution in [-0.2, 0) is 13.2 Å². The fourth-order valence-electron chi connectivity index (χ4n) is 3.74. The highest BCUT2D eigenvalue weighted by Crippen LogP contribution is 2.22. The quantitative estimate of drug-likeness (QED) is 0.629. The average molecular weight is 410 g/mol. The number of nitrogens with zero attached hydrogens (tertiary/aromatic N) is 4. The molecule has 2 aromatic carbocycles. The van der Waals surface area contributed by atoms with Crippen LogP contribution in [0.1, 0.15) is 11.1 Å². The summed E-state index contributed by atoms with van der Waals surface area (Å²) in [5.41, 5.74) is 3.57. The molecule has 0 saturated carbocycles. The molecule has 7 heteroatoms. The summed E-state index contributed by atoms with van der Waals surface area (Å²) in [6.45, 7) is 7.80. The molecule has 0 amide bonds. The monoisotopic (exact) mass is 409 g/mol. The molecular formula is C22H27N5OS. The molecule has 0 aliphatic carbocycles. The van der Waals surface area contributed by atoms with Crippen molar-refractivity contribution in [3.8, 4) is 17.1 Å². The first-order valence-corrected chi connectivity index (χ1v) is 10.3. The first-order valence-electron chi connectivity index (χ1n) is 9.93. The smallest absolute Gasteiger partial charge is 0.217 e. The number of hydrogen-bond acceptors (Lipinski definition) is 5. The number of aryl methyl sites for hydroxylation is 1. The molecule has 152 valence electrons. The molecule has 0 bridgehead atoms. The Morgan fingerprint density at radius 3 is 2.48 bits per heavy atom. The maximum Gasteiger partial charge on any atom is 0.217 e. The molecule has 6 nitrogen and oxygen atoms in total. The van der Waals surface area contributed by atoms with E-state index in [4.69, 9.17) is 17.0 Å². The SMILES string of the molecule is COc1ccc(C)cc1CN1CCN(Cn2[nH]c(-c3ccccc3)nc2=S)CC1. The van der Waals surface area contributed by atoms with Gasteiger partial charge in [-0.2, -0.15) is 4.98 Å². The fraction of sp³-hybridized carbons (Fsp3) is 0.364. The summed E-state index contributed by atoms with van der Waals surface area (Å²) in [4.78, 5) is 9.41. The lowest BCUT2D eigenvalue weighted by Gasteiger charge is -2.34. The molecular weight excluding hydrogens is 382 g/mol. The van der Waals surface area contributed by atoms with E-state index in [-0.39, 0.29) is 0 Å². The number of methoxy groups -OCH3 is 1. The molecule has 1 N–H and O–H groups in total. The second kappa shape index (κ2) is 8.90. The van der Waals surface area contributed by atoms with E-state index in [9.17, 15) is 0 Å². The number of benzene rings is 2. The lowest BCUT2D eigenvalue weighted by molar-refractivity contribution is 0.0977. The van der Waals surface area contributed by atoms with Crippen LogP contribution in [-0.4, -0.2) is 57.9 Å². The summed E-state index contributed by atoms with van der Waals surface area (Å²) >= 11 is 5.46. The molecule has 29 heavy (non-hydrogen) atoms. The highest BCUT2D eigenvalue weighted by atomic mass is 32.1. The van der Waals surface area contributed by atoms with Crippen molar-refractivity contribution >= 4 is 12.2 Å². The predicted molar refractivity (Wildman–Crippen MR) is 117 cm³/mol. The second-order valence-corrected chi connectivity index (χ2v) is 7.86. The Balaban J connectivity index is 1.36. The highest BCUT2D eigenvalue weighted by Gasteiger charge is 2.19. The third kappa shape index (κ3) is 4.75. The van der Waals surface area contributed by atoms with Crippen molar-refractivity contribution in [1.29, 1.82) is 0 Å². The van der Waals surface area contributed by atoms with E-state index in [1.165, 1.54) is 11.1 Å². The maximum absolute atomic E-state index is 5.53. The number of rotatable bonds is 6.